The van der Waals surface area contributed by atoms with Gasteiger partial charge in [0, 0.05) is 18.7 Å². The summed E-state index contributed by atoms with van der Waals surface area (Å²) in [7, 11) is 6.01. The highest BCUT2D eigenvalue weighted by atomic mass is 16.7. The maximum absolute atomic E-state index is 13.0. The molecule has 0 saturated heterocycles. The molecule has 0 amide bonds. The van der Waals surface area contributed by atoms with E-state index >= 15 is 0 Å². The van der Waals surface area contributed by atoms with Crippen molar-refractivity contribution in [3.8, 4) is 28.7 Å². The van der Waals surface area contributed by atoms with Crippen LogP contribution in [0.25, 0.3) is 6.08 Å². The molecule has 0 aliphatic carbocycles. The zero-order valence-corrected chi connectivity index (χ0v) is 19.4. The van der Waals surface area contributed by atoms with Crippen molar-refractivity contribution in [3.05, 3.63) is 58.7 Å². The number of phenols is 1. The first-order valence-corrected chi connectivity index (χ1v) is 9.98. The fourth-order valence-electron chi connectivity index (χ4n) is 3.03. The first-order valence-electron chi connectivity index (χ1n) is 9.98. The van der Waals surface area contributed by atoms with E-state index < -0.39 is 5.78 Å². The van der Waals surface area contributed by atoms with Crippen molar-refractivity contribution in [1.29, 1.82) is 0 Å². The molecule has 2 aromatic carbocycles. The summed E-state index contributed by atoms with van der Waals surface area (Å²) in [5.41, 5.74) is 2.40. The van der Waals surface area contributed by atoms with Crippen molar-refractivity contribution < 1.29 is 33.6 Å². The summed E-state index contributed by atoms with van der Waals surface area (Å²) >= 11 is 0. The molecule has 0 bridgehead atoms. The Hall–Kier alpha value is -3.45. The number of phenolic OH excluding ortho intramolecular Hbond substituents is 1. The number of allylic oxidation sites excluding steroid dienone is 3. The molecule has 2 aromatic rings. The number of aromatic hydroxyl groups is 1. The third kappa shape index (κ3) is 6.04. The number of rotatable bonds is 11. The molecule has 32 heavy (non-hydrogen) atoms. The Balaban J connectivity index is 2.41. The van der Waals surface area contributed by atoms with E-state index in [1.54, 1.807) is 30.3 Å². The van der Waals surface area contributed by atoms with E-state index in [1.807, 2.05) is 19.9 Å². The summed E-state index contributed by atoms with van der Waals surface area (Å²) in [6.07, 6.45) is 5.38. The number of carbonyl (C=O) groups is 1. The maximum atomic E-state index is 13.0. The zero-order valence-electron chi connectivity index (χ0n) is 19.4. The number of carbonyl (C=O) groups excluding carboxylic acids is 1. The van der Waals surface area contributed by atoms with Gasteiger partial charge in [-0.1, -0.05) is 23.8 Å². The summed E-state index contributed by atoms with van der Waals surface area (Å²) in [5, 5.41) is 10.9. The SMILES string of the molecule is COCOc1ccc(/C=C/C(=O)c2c(OC)cc(OC)c(CC=C(C)C)c2O)cc1OC. The predicted molar refractivity (Wildman–Crippen MR) is 123 cm³/mol. The minimum atomic E-state index is -0.404. The van der Waals surface area contributed by atoms with E-state index in [4.69, 9.17) is 23.7 Å². The molecule has 7 heteroatoms. The van der Waals surface area contributed by atoms with Crippen LogP contribution in [-0.2, 0) is 11.2 Å². The highest BCUT2D eigenvalue weighted by molar-refractivity contribution is 6.11. The first-order chi connectivity index (χ1) is 15.4. The van der Waals surface area contributed by atoms with E-state index in [0.29, 0.717) is 29.2 Å². The summed E-state index contributed by atoms with van der Waals surface area (Å²) in [4.78, 5) is 13.0. The fraction of sp³-hybridized carbons (Fsp3) is 0.320. The van der Waals surface area contributed by atoms with Gasteiger partial charge in [0.15, 0.2) is 24.1 Å². The number of benzene rings is 2. The van der Waals surface area contributed by atoms with Crippen LogP contribution in [0.5, 0.6) is 28.7 Å². The predicted octanol–water partition coefficient (Wildman–Crippen LogP) is 4.81. The van der Waals surface area contributed by atoms with Gasteiger partial charge in [0.25, 0.3) is 0 Å². The molecule has 7 nitrogen and oxygen atoms in total. The lowest BCUT2D eigenvalue weighted by Gasteiger charge is -2.15. The largest absolute Gasteiger partial charge is 0.507 e. The van der Waals surface area contributed by atoms with Crippen LogP contribution in [0.4, 0.5) is 0 Å². The number of hydrogen-bond acceptors (Lipinski definition) is 7. The van der Waals surface area contributed by atoms with Crippen LogP contribution in [0.1, 0.15) is 35.3 Å². The summed E-state index contributed by atoms with van der Waals surface area (Å²) < 4.78 is 26.4. The lowest BCUT2D eigenvalue weighted by atomic mass is 9.99. The first kappa shape index (κ1) is 24.8. The van der Waals surface area contributed by atoms with E-state index in [9.17, 15) is 9.90 Å². The lowest BCUT2D eigenvalue weighted by molar-refractivity contribution is 0.0491. The number of ether oxygens (including phenoxy) is 5. The molecular weight excluding hydrogens is 412 g/mol. The fourth-order valence-corrected chi connectivity index (χ4v) is 3.03. The second-order valence-corrected chi connectivity index (χ2v) is 7.13. The highest BCUT2D eigenvalue weighted by Gasteiger charge is 2.22. The number of ketones is 1. The molecule has 172 valence electrons. The Morgan fingerprint density at radius 1 is 0.938 bits per heavy atom. The normalized spacial score (nSPS) is 10.7. The van der Waals surface area contributed by atoms with Gasteiger partial charge >= 0.3 is 0 Å². The molecule has 0 heterocycles. The Labute approximate surface area is 188 Å². The Morgan fingerprint density at radius 2 is 1.62 bits per heavy atom. The topological polar surface area (TPSA) is 83.5 Å². The third-order valence-corrected chi connectivity index (χ3v) is 4.68. The standard InChI is InChI=1S/C25H30O7/c1-16(2)7-10-18-21(29-4)14-23(31-6)24(25(18)27)19(26)11-8-17-9-12-20(32-15-28-3)22(13-17)30-5/h7-9,11-14,27H,10,15H2,1-6H3/b11-8+. The maximum Gasteiger partial charge on any atom is 0.193 e. The van der Waals surface area contributed by atoms with Crippen molar-refractivity contribution in [3.63, 3.8) is 0 Å². The molecular formula is C25H30O7. The molecule has 0 aliphatic rings. The minimum Gasteiger partial charge on any atom is -0.507 e. The van der Waals surface area contributed by atoms with Gasteiger partial charge in [-0.05, 0) is 44.0 Å². The van der Waals surface area contributed by atoms with Crippen LogP contribution in [0.15, 0.2) is 42.0 Å². The van der Waals surface area contributed by atoms with Crippen molar-refractivity contribution in [2.75, 3.05) is 35.2 Å². The van der Waals surface area contributed by atoms with Crippen molar-refractivity contribution in [2.45, 2.75) is 20.3 Å². The van der Waals surface area contributed by atoms with Crippen LogP contribution in [-0.4, -0.2) is 46.1 Å². The average Bonchev–Trinajstić information content (AvgIpc) is 2.79. The molecule has 0 fully saturated rings. The summed E-state index contributed by atoms with van der Waals surface area (Å²) in [6, 6.07) is 6.85. The number of hydrogen-bond donors (Lipinski definition) is 1. The van der Waals surface area contributed by atoms with Crippen LogP contribution in [0.3, 0.4) is 0 Å². The summed E-state index contributed by atoms with van der Waals surface area (Å²) in [6.45, 7) is 4.01. The Morgan fingerprint density at radius 3 is 2.22 bits per heavy atom. The van der Waals surface area contributed by atoms with Gasteiger partial charge in [-0.3, -0.25) is 4.79 Å². The van der Waals surface area contributed by atoms with Crippen molar-refractivity contribution >= 4 is 11.9 Å². The van der Waals surface area contributed by atoms with Crippen LogP contribution in [0, 0.1) is 0 Å². The Bertz CT molecular complexity index is 1000. The molecule has 2 rings (SSSR count). The van der Waals surface area contributed by atoms with Gasteiger partial charge in [-0.2, -0.15) is 0 Å². The molecule has 1 N–H and O–H groups in total. The van der Waals surface area contributed by atoms with Gasteiger partial charge in [0.05, 0.1) is 21.3 Å². The van der Waals surface area contributed by atoms with Gasteiger partial charge in [-0.25, -0.2) is 0 Å². The molecule has 0 unspecified atom stereocenters. The van der Waals surface area contributed by atoms with Gasteiger partial charge in [-0.15, -0.1) is 0 Å². The molecule has 0 aliphatic heterocycles. The molecule has 0 spiro atoms. The van der Waals surface area contributed by atoms with Crippen LogP contribution >= 0.6 is 0 Å². The minimum absolute atomic E-state index is 0.0775. The van der Waals surface area contributed by atoms with E-state index in [1.165, 1.54) is 34.5 Å². The van der Waals surface area contributed by atoms with Crippen molar-refractivity contribution in [1.82, 2.24) is 0 Å². The third-order valence-electron chi connectivity index (χ3n) is 4.68. The van der Waals surface area contributed by atoms with Gasteiger partial charge in [0.1, 0.15) is 22.8 Å². The second kappa shape index (κ2) is 11.8. The molecule has 0 saturated carbocycles. The van der Waals surface area contributed by atoms with Crippen LogP contribution in [0.2, 0.25) is 0 Å². The highest BCUT2D eigenvalue weighted by Crippen LogP contribution is 2.39. The van der Waals surface area contributed by atoms with Gasteiger partial charge < -0.3 is 28.8 Å². The average molecular weight is 443 g/mol. The molecule has 0 aromatic heterocycles. The van der Waals surface area contributed by atoms with Gasteiger partial charge in [0.2, 0.25) is 0 Å². The van der Waals surface area contributed by atoms with E-state index in [2.05, 4.69) is 0 Å². The molecule has 0 atom stereocenters. The quantitative estimate of drug-likeness (QED) is 0.231. The summed E-state index contributed by atoms with van der Waals surface area (Å²) in [5.74, 6) is 1.15. The lowest BCUT2D eigenvalue weighted by Crippen LogP contribution is -2.04. The Kier molecular flexibility index (Phi) is 9.16. The second-order valence-electron chi connectivity index (χ2n) is 7.13. The molecule has 0 radical (unpaired) electrons. The van der Waals surface area contributed by atoms with Crippen LogP contribution < -0.4 is 18.9 Å². The monoisotopic (exact) mass is 442 g/mol. The van der Waals surface area contributed by atoms with Crippen molar-refractivity contribution in [2.24, 2.45) is 0 Å². The van der Waals surface area contributed by atoms with E-state index in [-0.39, 0.29) is 23.9 Å². The smallest absolute Gasteiger partial charge is 0.193 e. The zero-order chi connectivity index (χ0) is 23.7. The van der Waals surface area contributed by atoms with E-state index in [0.717, 1.165) is 11.1 Å². The number of methoxy groups -OCH3 is 4.